The monoisotopic (exact) mass is 394 g/mol. The lowest BCUT2D eigenvalue weighted by molar-refractivity contribution is -0.142. The lowest BCUT2D eigenvalue weighted by Crippen LogP contribution is -2.53. The Bertz CT molecular complexity index is 614. The molecule has 0 bridgehead atoms. The fourth-order valence-electron chi connectivity index (χ4n) is 3.92. The SMILES string of the molecule is O=C(C1NNC2CCNCC21)N1CCOC(c2cccc(Br)c2)C1. The number of benzene rings is 1. The highest BCUT2D eigenvalue weighted by Crippen LogP contribution is 2.27. The molecule has 3 heterocycles. The number of nitrogens with one attached hydrogen (secondary N) is 3. The Hall–Kier alpha value is -0.990. The van der Waals surface area contributed by atoms with Gasteiger partial charge in [0.2, 0.25) is 5.91 Å². The first-order chi connectivity index (χ1) is 11.7. The first-order valence-corrected chi connectivity index (χ1v) is 9.39. The number of hydrogen-bond acceptors (Lipinski definition) is 5. The first kappa shape index (κ1) is 16.5. The van der Waals surface area contributed by atoms with Crippen LogP contribution < -0.4 is 16.2 Å². The second-order valence-corrected chi connectivity index (χ2v) is 7.64. The van der Waals surface area contributed by atoms with Crippen molar-refractivity contribution in [3.8, 4) is 0 Å². The quantitative estimate of drug-likeness (QED) is 0.692. The summed E-state index contributed by atoms with van der Waals surface area (Å²) in [6, 6.07) is 8.37. The van der Waals surface area contributed by atoms with Gasteiger partial charge in [-0.3, -0.25) is 10.2 Å². The number of carbonyl (C=O) groups excluding carboxylic acids is 1. The van der Waals surface area contributed by atoms with Crippen LogP contribution in [0.5, 0.6) is 0 Å². The maximum absolute atomic E-state index is 13.0. The third kappa shape index (κ3) is 3.23. The lowest BCUT2D eigenvalue weighted by atomic mass is 9.88. The Morgan fingerprint density at radius 3 is 3.12 bits per heavy atom. The highest BCUT2D eigenvalue weighted by Gasteiger charge is 2.43. The average molecular weight is 395 g/mol. The summed E-state index contributed by atoms with van der Waals surface area (Å²) in [6.45, 7) is 3.75. The van der Waals surface area contributed by atoms with E-state index in [0.29, 0.717) is 31.7 Å². The Labute approximate surface area is 150 Å². The van der Waals surface area contributed by atoms with Crippen LogP contribution in [-0.4, -0.2) is 55.7 Å². The summed E-state index contributed by atoms with van der Waals surface area (Å²) < 4.78 is 6.94. The zero-order valence-electron chi connectivity index (χ0n) is 13.5. The molecule has 3 aliphatic rings. The second-order valence-electron chi connectivity index (χ2n) is 6.73. The molecule has 4 unspecified atom stereocenters. The van der Waals surface area contributed by atoms with E-state index in [4.69, 9.17) is 4.74 Å². The second kappa shape index (κ2) is 7.09. The van der Waals surface area contributed by atoms with Gasteiger partial charge < -0.3 is 15.0 Å². The third-order valence-corrected chi connectivity index (χ3v) is 5.74. The number of hydrogen-bond donors (Lipinski definition) is 3. The number of carbonyl (C=O) groups is 1. The van der Waals surface area contributed by atoms with Gasteiger partial charge in [0, 0.05) is 29.5 Å². The molecule has 4 rings (SSSR count). The summed E-state index contributed by atoms with van der Waals surface area (Å²) in [4.78, 5) is 15.0. The van der Waals surface area contributed by atoms with E-state index < -0.39 is 0 Å². The van der Waals surface area contributed by atoms with Gasteiger partial charge in [-0.1, -0.05) is 28.1 Å². The summed E-state index contributed by atoms with van der Waals surface area (Å²) >= 11 is 3.50. The lowest BCUT2D eigenvalue weighted by Gasteiger charge is -2.36. The molecule has 3 saturated heterocycles. The molecule has 1 aromatic carbocycles. The molecule has 3 aliphatic heterocycles. The van der Waals surface area contributed by atoms with Crippen molar-refractivity contribution in [2.75, 3.05) is 32.8 Å². The number of rotatable bonds is 2. The normalized spacial score (nSPS) is 33.3. The summed E-state index contributed by atoms with van der Waals surface area (Å²) in [5, 5.41) is 3.40. The van der Waals surface area contributed by atoms with Crippen LogP contribution >= 0.6 is 15.9 Å². The zero-order valence-corrected chi connectivity index (χ0v) is 15.1. The van der Waals surface area contributed by atoms with Crippen molar-refractivity contribution in [1.29, 1.82) is 0 Å². The summed E-state index contributed by atoms with van der Waals surface area (Å²) in [6.07, 6.45) is 1.00. The van der Waals surface area contributed by atoms with Gasteiger partial charge in [0.15, 0.2) is 0 Å². The molecule has 0 aromatic heterocycles. The molecule has 24 heavy (non-hydrogen) atoms. The van der Waals surface area contributed by atoms with Crippen LogP contribution in [0.4, 0.5) is 0 Å². The fraction of sp³-hybridized carbons (Fsp3) is 0.588. The maximum Gasteiger partial charge on any atom is 0.241 e. The summed E-state index contributed by atoms with van der Waals surface area (Å²) in [5.74, 6) is 0.500. The smallest absolute Gasteiger partial charge is 0.241 e. The van der Waals surface area contributed by atoms with Crippen LogP contribution in [0, 0.1) is 5.92 Å². The molecule has 0 aliphatic carbocycles. The van der Waals surface area contributed by atoms with E-state index in [-0.39, 0.29) is 18.1 Å². The number of amides is 1. The number of nitrogens with zero attached hydrogens (tertiary/aromatic N) is 1. The predicted molar refractivity (Wildman–Crippen MR) is 94.2 cm³/mol. The van der Waals surface area contributed by atoms with Gasteiger partial charge in [-0.15, -0.1) is 0 Å². The summed E-state index contributed by atoms with van der Waals surface area (Å²) in [7, 11) is 0. The van der Waals surface area contributed by atoms with Gasteiger partial charge >= 0.3 is 0 Å². The van der Waals surface area contributed by atoms with E-state index in [1.807, 2.05) is 17.0 Å². The molecule has 3 N–H and O–H groups in total. The van der Waals surface area contributed by atoms with Crippen LogP contribution in [0.1, 0.15) is 18.1 Å². The van der Waals surface area contributed by atoms with Gasteiger partial charge in [0.25, 0.3) is 0 Å². The largest absolute Gasteiger partial charge is 0.370 e. The Balaban J connectivity index is 1.45. The molecule has 1 amide bonds. The number of ether oxygens (including phenoxy) is 1. The number of piperidine rings is 1. The highest BCUT2D eigenvalue weighted by molar-refractivity contribution is 9.10. The molecule has 4 atom stereocenters. The van der Waals surface area contributed by atoms with Gasteiger partial charge in [0.1, 0.15) is 12.1 Å². The predicted octanol–water partition coefficient (Wildman–Crippen LogP) is 0.804. The highest BCUT2D eigenvalue weighted by atomic mass is 79.9. The molecule has 1 aromatic rings. The molecule has 7 heteroatoms. The van der Waals surface area contributed by atoms with Crippen molar-refractivity contribution >= 4 is 21.8 Å². The molecule has 0 radical (unpaired) electrons. The van der Waals surface area contributed by atoms with Gasteiger partial charge in [-0.25, -0.2) is 5.43 Å². The van der Waals surface area contributed by atoms with Crippen molar-refractivity contribution in [1.82, 2.24) is 21.1 Å². The summed E-state index contributed by atoms with van der Waals surface area (Å²) in [5.41, 5.74) is 7.64. The minimum atomic E-state index is -0.149. The number of fused-ring (bicyclic) bond motifs is 1. The van der Waals surface area contributed by atoms with E-state index in [1.165, 1.54) is 0 Å². The van der Waals surface area contributed by atoms with E-state index in [0.717, 1.165) is 29.5 Å². The van der Waals surface area contributed by atoms with Crippen molar-refractivity contribution in [2.45, 2.75) is 24.6 Å². The Kier molecular flexibility index (Phi) is 4.87. The van der Waals surface area contributed by atoms with E-state index in [1.54, 1.807) is 0 Å². The number of hydrazine groups is 1. The van der Waals surface area contributed by atoms with Gasteiger partial charge in [-0.05, 0) is 30.7 Å². The van der Waals surface area contributed by atoms with Crippen LogP contribution in [0.3, 0.4) is 0 Å². The molecular weight excluding hydrogens is 372 g/mol. The van der Waals surface area contributed by atoms with Crippen LogP contribution in [0.15, 0.2) is 28.7 Å². The van der Waals surface area contributed by atoms with Crippen LogP contribution in [0.25, 0.3) is 0 Å². The van der Waals surface area contributed by atoms with Crippen molar-refractivity contribution in [3.05, 3.63) is 34.3 Å². The molecular formula is C17H23BrN4O2. The van der Waals surface area contributed by atoms with E-state index in [9.17, 15) is 4.79 Å². The first-order valence-electron chi connectivity index (χ1n) is 8.60. The molecule has 3 fully saturated rings. The zero-order chi connectivity index (χ0) is 16.5. The number of halogens is 1. The Morgan fingerprint density at radius 1 is 1.33 bits per heavy atom. The third-order valence-electron chi connectivity index (χ3n) is 5.25. The average Bonchev–Trinajstić information content (AvgIpc) is 3.05. The molecule has 130 valence electrons. The topological polar surface area (TPSA) is 65.6 Å². The van der Waals surface area contributed by atoms with Crippen LogP contribution in [-0.2, 0) is 9.53 Å². The standard InChI is InChI=1S/C17H23BrN4O2/c18-12-3-1-2-11(8-12)15-10-22(6-7-24-15)17(23)16-13-9-19-5-4-14(13)20-21-16/h1-3,8,13-16,19-21H,4-7,9-10H2. The minimum absolute atomic E-state index is 0.0603. The van der Waals surface area contributed by atoms with Crippen molar-refractivity contribution in [3.63, 3.8) is 0 Å². The van der Waals surface area contributed by atoms with Gasteiger partial charge in [-0.2, -0.15) is 0 Å². The fourth-order valence-corrected chi connectivity index (χ4v) is 4.33. The van der Waals surface area contributed by atoms with Crippen LogP contribution in [0.2, 0.25) is 0 Å². The Morgan fingerprint density at radius 2 is 2.25 bits per heavy atom. The number of morpholine rings is 1. The molecule has 0 saturated carbocycles. The minimum Gasteiger partial charge on any atom is -0.370 e. The molecule has 0 spiro atoms. The van der Waals surface area contributed by atoms with E-state index >= 15 is 0 Å². The van der Waals surface area contributed by atoms with Crippen molar-refractivity contribution < 1.29 is 9.53 Å². The maximum atomic E-state index is 13.0. The molecule has 6 nitrogen and oxygen atoms in total. The van der Waals surface area contributed by atoms with Crippen molar-refractivity contribution in [2.24, 2.45) is 5.92 Å². The van der Waals surface area contributed by atoms with E-state index in [2.05, 4.69) is 44.2 Å². The van der Waals surface area contributed by atoms with Gasteiger partial charge in [0.05, 0.1) is 13.2 Å².